The van der Waals surface area contributed by atoms with Crippen molar-refractivity contribution in [3.63, 3.8) is 0 Å². The summed E-state index contributed by atoms with van der Waals surface area (Å²) in [7, 11) is 0. The van der Waals surface area contributed by atoms with Gasteiger partial charge >= 0.3 is 0 Å². The van der Waals surface area contributed by atoms with Crippen molar-refractivity contribution in [2.24, 2.45) is 0 Å². The predicted octanol–water partition coefficient (Wildman–Crippen LogP) is 4.13. The van der Waals surface area contributed by atoms with Gasteiger partial charge in [0.15, 0.2) is 0 Å². The van der Waals surface area contributed by atoms with E-state index >= 15 is 0 Å². The molecule has 0 saturated heterocycles. The molecule has 0 aliphatic carbocycles. The zero-order valence-electron chi connectivity index (χ0n) is 13.1. The Balaban J connectivity index is 1.66. The largest absolute Gasteiger partial charge is 0.411 e. The number of hydrogen-bond donors (Lipinski definition) is 1. The molecular formula is C17H13F2N3O2S. The molecule has 0 fully saturated rings. The molecule has 0 unspecified atom stereocenters. The lowest BCUT2D eigenvalue weighted by atomic mass is 10.2. The van der Waals surface area contributed by atoms with Crippen LogP contribution in [0.5, 0.6) is 0 Å². The molecule has 0 radical (unpaired) electrons. The van der Waals surface area contributed by atoms with E-state index in [1.165, 1.54) is 30.3 Å². The number of anilines is 1. The van der Waals surface area contributed by atoms with Crippen LogP contribution in [0, 0.1) is 11.6 Å². The van der Waals surface area contributed by atoms with E-state index in [0.29, 0.717) is 5.69 Å². The maximum Gasteiger partial charge on any atom is 0.277 e. The first-order valence-corrected chi connectivity index (χ1v) is 8.22. The number of carbonyl (C=O) groups is 1. The molecular weight excluding hydrogens is 348 g/mol. The summed E-state index contributed by atoms with van der Waals surface area (Å²) in [5, 5.41) is 9.78. The SMILES string of the molecule is C[C@H](Sc1nnc(-c2ccccc2F)o1)C(=O)Nc1cccc(F)c1. The van der Waals surface area contributed by atoms with Crippen molar-refractivity contribution in [1.29, 1.82) is 0 Å². The number of aromatic nitrogens is 2. The van der Waals surface area contributed by atoms with Gasteiger partial charge in [-0.2, -0.15) is 0 Å². The molecule has 8 heteroatoms. The summed E-state index contributed by atoms with van der Waals surface area (Å²) in [6.45, 7) is 1.65. The van der Waals surface area contributed by atoms with Gasteiger partial charge < -0.3 is 9.73 Å². The third-order valence-electron chi connectivity index (χ3n) is 3.25. The van der Waals surface area contributed by atoms with Crippen molar-refractivity contribution >= 4 is 23.4 Å². The zero-order valence-corrected chi connectivity index (χ0v) is 13.9. The van der Waals surface area contributed by atoms with Gasteiger partial charge in [0.05, 0.1) is 10.8 Å². The Bertz CT molecular complexity index is 901. The molecule has 1 heterocycles. The highest BCUT2D eigenvalue weighted by Crippen LogP contribution is 2.27. The van der Waals surface area contributed by atoms with Crippen molar-refractivity contribution < 1.29 is 18.0 Å². The smallest absolute Gasteiger partial charge is 0.277 e. The van der Waals surface area contributed by atoms with E-state index in [0.717, 1.165) is 11.8 Å². The van der Waals surface area contributed by atoms with Crippen LogP contribution in [0.4, 0.5) is 14.5 Å². The Labute approximate surface area is 146 Å². The van der Waals surface area contributed by atoms with Gasteiger partial charge in [0, 0.05) is 5.69 Å². The summed E-state index contributed by atoms with van der Waals surface area (Å²) in [6.07, 6.45) is 0. The van der Waals surface area contributed by atoms with E-state index in [1.54, 1.807) is 25.1 Å². The fourth-order valence-electron chi connectivity index (χ4n) is 2.02. The van der Waals surface area contributed by atoms with Crippen LogP contribution in [-0.4, -0.2) is 21.4 Å². The van der Waals surface area contributed by atoms with Gasteiger partial charge in [-0.3, -0.25) is 4.79 Å². The molecule has 0 aliphatic heterocycles. The summed E-state index contributed by atoms with van der Waals surface area (Å²) < 4.78 is 32.3. The second-order valence-corrected chi connectivity index (χ2v) is 6.40. The van der Waals surface area contributed by atoms with Crippen molar-refractivity contribution in [2.45, 2.75) is 17.4 Å². The Morgan fingerprint density at radius 2 is 1.96 bits per heavy atom. The van der Waals surface area contributed by atoms with Crippen molar-refractivity contribution in [3.8, 4) is 11.5 Å². The molecule has 3 aromatic rings. The number of benzene rings is 2. The Kier molecular flexibility index (Phi) is 5.08. The Morgan fingerprint density at radius 3 is 2.72 bits per heavy atom. The number of nitrogens with zero attached hydrogens (tertiary/aromatic N) is 2. The number of amides is 1. The summed E-state index contributed by atoms with van der Waals surface area (Å²) in [5.74, 6) is -1.22. The molecule has 1 aromatic heterocycles. The lowest BCUT2D eigenvalue weighted by Crippen LogP contribution is -2.22. The third kappa shape index (κ3) is 4.21. The second kappa shape index (κ2) is 7.43. The number of hydrogen-bond acceptors (Lipinski definition) is 5. The van der Waals surface area contributed by atoms with E-state index < -0.39 is 16.9 Å². The zero-order chi connectivity index (χ0) is 17.8. The second-order valence-electron chi connectivity index (χ2n) is 5.11. The molecule has 1 amide bonds. The molecule has 1 atom stereocenters. The van der Waals surface area contributed by atoms with Crippen LogP contribution in [0.1, 0.15) is 6.92 Å². The van der Waals surface area contributed by atoms with Crippen LogP contribution in [0.25, 0.3) is 11.5 Å². The summed E-state index contributed by atoms with van der Waals surface area (Å²) >= 11 is 1.03. The average molecular weight is 361 g/mol. The van der Waals surface area contributed by atoms with E-state index in [1.807, 2.05) is 0 Å². The van der Waals surface area contributed by atoms with E-state index in [2.05, 4.69) is 15.5 Å². The minimum atomic E-state index is -0.572. The van der Waals surface area contributed by atoms with Crippen molar-refractivity contribution in [3.05, 3.63) is 60.2 Å². The minimum absolute atomic E-state index is 0.0401. The lowest BCUT2D eigenvalue weighted by Gasteiger charge is -2.09. The highest BCUT2D eigenvalue weighted by Gasteiger charge is 2.20. The number of carbonyl (C=O) groups excluding carboxylic acids is 1. The molecule has 5 nitrogen and oxygen atoms in total. The molecule has 2 aromatic carbocycles. The van der Waals surface area contributed by atoms with Gasteiger partial charge in [-0.15, -0.1) is 10.2 Å². The maximum atomic E-state index is 13.7. The molecule has 0 saturated carbocycles. The van der Waals surface area contributed by atoms with Gasteiger partial charge in [0.2, 0.25) is 5.91 Å². The van der Waals surface area contributed by atoms with Crippen LogP contribution in [-0.2, 0) is 4.79 Å². The first-order valence-electron chi connectivity index (χ1n) is 7.34. The standard InChI is InChI=1S/C17H13F2N3O2S/c1-10(15(23)20-12-6-4-5-11(18)9-12)25-17-22-21-16(24-17)13-7-2-3-8-14(13)19/h2-10H,1H3,(H,20,23)/t10-/m0/s1. The highest BCUT2D eigenvalue weighted by molar-refractivity contribution is 8.00. The molecule has 3 rings (SSSR count). The van der Waals surface area contributed by atoms with Crippen LogP contribution in [0.15, 0.2) is 58.2 Å². The Morgan fingerprint density at radius 1 is 1.16 bits per heavy atom. The first-order chi connectivity index (χ1) is 12.0. The molecule has 0 spiro atoms. The maximum absolute atomic E-state index is 13.7. The number of thioether (sulfide) groups is 1. The number of nitrogens with one attached hydrogen (secondary N) is 1. The minimum Gasteiger partial charge on any atom is -0.411 e. The summed E-state index contributed by atoms with van der Waals surface area (Å²) in [6, 6.07) is 11.6. The van der Waals surface area contributed by atoms with Crippen molar-refractivity contribution in [2.75, 3.05) is 5.32 Å². The lowest BCUT2D eigenvalue weighted by molar-refractivity contribution is -0.115. The summed E-state index contributed by atoms with van der Waals surface area (Å²) in [5.41, 5.74) is 0.550. The topological polar surface area (TPSA) is 68.0 Å². The predicted molar refractivity (Wildman–Crippen MR) is 90.0 cm³/mol. The first kappa shape index (κ1) is 17.1. The molecule has 25 heavy (non-hydrogen) atoms. The van der Waals surface area contributed by atoms with Crippen LogP contribution in [0.2, 0.25) is 0 Å². The van der Waals surface area contributed by atoms with E-state index in [4.69, 9.17) is 4.42 Å². The number of halogens is 2. The monoisotopic (exact) mass is 361 g/mol. The van der Waals surface area contributed by atoms with Gasteiger partial charge in [0.25, 0.3) is 11.1 Å². The van der Waals surface area contributed by atoms with Crippen LogP contribution >= 0.6 is 11.8 Å². The van der Waals surface area contributed by atoms with E-state index in [-0.39, 0.29) is 22.6 Å². The third-order valence-corrected chi connectivity index (χ3v) is 4.18. The quantitative estimate of drug-likeness (QED) is 0.692. The van der Waals surface area contributed by atoms with Crippen molar-refractivity contribution in [1.82, 2.24) is 10.2 Å². The molecule has 0 bridgehead atoms. The molecule has 1 N–H and O–H groups in total. The van der Waals surface area contributed by atoms with Gasteiger partial charge in [-0.1, -0.05) is 30.0 Å². The molecule has 128 valence electrons. The average Bonchev–Trinajstić information content (AvgIpc) is 3.03. The fraction of sp³-hybridized carbons (Fsp3) is 0.118. The van der Waals surface area contributed by atoms with Gasteiger partial charge in [0.1, 0.15) is 11.6 Å². The molecule has 0 aliphatic rings. The fourth-order valence-corrected chi connectivity index (χ4v) is 2.70. The normalized spacial score (nSPS) is 12.0. The van der Waals surface area contributed by atoms with Crippen LogP contribution in [0.3, 0.4) is 0 Å². The summed E-state index contributed by atoms with van der Waals surface area (Å²) in [4.78, 5) is 12.2. The Hall–Kier alpha value is -2.74. The number of rotatable bonds is 5. The van der Waals surface area contributed by atoms with Gasteiger partial charge in [-0.25, -0.2) is 8.78 Å². The van der Waals surface area contributed by atoms with Gasteiger partial charge in [-0.05, 0) is 37.3 Å². The van der Waals surface area contributed by atoms with E-state index in [9.17, 15) is 13.6 Å². The van der Waals surface area contributed by atoms with Crippen LogP contribution < -0.4 is 5.32 Å². The highest BCUT2D eigenvalue weighted by atomic mass is 32.2.